The fourth-order valence-corrected chi connectivity index (χ4v) is 1.28. The van der Waals surface area contributed by atoms with E-state index in [0.29, 0.717) is 0 Å². The monoisotopic (exact) mass is 225 g/mol. The second-order valence-corrected chi connectivity index (χ2v) is 4.13. The molecule has 0 spiro atoms. The van der Waals surface area contributed by atoms with Gasteiger partial charge >= 0.3 is 5.97 Å². The van der Waals surface area contributed by atoms with Crippen LogP contribution in [0.4, 0.5) is 0 Å². The van der Waals surface area contributed by atoms with Crippen molar-refractivity contribution in [2.75, 3.05) is 12.3 Å². The van der Waals surface area contributed by atoms with E-state index in [1.165, 1.54) is 0 Å². The van der Waals surface area contributed by atoms with Crippen molar-refractivity contribution in [3.63, 3.8) is 0 Å². The van der Waals surface area contributed by atoms with Crippen LogP contribution in [-0.4, -0.2) is 36.3 Å². The molecule has 14 heavy (non-hydrogen) atoms. The SMILES string of the molecule is C=CC(=O)O.CC(CN)CS(=O)(=O)O. The summed E-state index contributed by atoms with van der Waals surface area (Å²) in [4.78, 5) is 9.25. The van der Waals surface area contributed by atoms with E-state index in [0.717, 1.165) is 6.08 Å². The Balaban J connectivity index is 0. The van der Waals surface area contributed by atoms with Gasteiger partial charge in [0, 0.05) is 6.08 Å². The highest BCUT2D eigenvalue weighted by molar-refractivity contribution is 7.85. The quantitative estimate of drug-likeness (QED) is 0.447. The van der Waals surface area contributed by atoms with Gasteiger partial charge in [0.2, 0.25) is 0 Å². The van der Waals surface area contributed by atoms with Gasteiger partial charge in [0.05, 0.1) is 5.75 Å². The first-order valence-corrected chi connectivity index (χ1v) is 5.34. The van der Waals surface area contributed by atoms with Gasteiger partial charge in [-0.15, -0.1) is 0 Å². The molecule has 0 aliphatic heterocycles. The van der Waals surface area contributed by atoms with Crippen LogP contribution in [0, 0.1) is 5.92 Å². The number of rotatable bonds is 4. The zero-order valence-corrected chi connectivity index (χ0v) is 8.70. The number of carboxylic acids is 1. The Hall–Kier alpha value is -0.920. The predicted molar refractivity (Wildman–Crippen MR) is 52.5 cm³/mol. The van der Waals surface area contributed by atoms with E-state index < -0.39 is 16.1 Å². The van der Waals surface area contributed by atoms with Gasteiger partial charge in [-0.3, -0.25) is 4.55 Å². The van der Waals surface area contributed by atoms with Crippen molar-refractivity contribution in [1.82, 2.24) is 0 Å². The lowest BCUT2D eigenvalue weighted by molar-refractivity contribution is -0.131. The fraction of sp³-hybridized carbons (Fsp3) is 0.571. The van der Waals surface area contributed by atoms with Crippen molar-refractivity contribution >= 4 is 16.1 Å². The summed E-state index contributed by atoms with van der Waals surface area (Å²) in [6.45, 7) is 4.90. The smallest absolute Gasteiger partial charge is 0.327 e. The highest BCUT2D eigenvalue weighted by atomic mass is 32.2. The largest absolute Gasteiger partial charge is 0.478 e. The molecule has 1 atom stereocenters. The van der Waals surface area contributed by atoms with Gasteiger partial charge in [-0.1, -0.05) is 13.5 Å². The molecule has 1 unspecified atom stereocenters. The normalized spacial score (nSPS) is 12.2. The van der Waals surface area contributed by atoms with E-state index >= 15 is 0 Å². The number of nitrogens with two attached hydrogens (primary N) is 1. The zero-order valence-electron chi connectivity index (χ0n) is 7.88. The van der Waals surface area contributed by atoms with E-state index in [4.69, 9.17) is 15.4 Å². The summed E-state index contributed by atoms with van der Waals surface area (Å²) in [5.74, 6) is -1.39. The van der Waals surface area contributed by atoms with Crippen LogP contribution in [0.25, 0.3) is 0 Å². The second-order valence-electron chi connectivity index (χ2n) is 2.63. The van der Waals surface area contributed by atoms with Gasteiger partial charge in [-0.25, -0.2) is 4.79 Å². The van der Waals surface area contributed by atoms with Crippen molar-refractivity contribution in [2.24, 2.45) is 11.7 Å². The Bertz CT molecular complexity index is 272. The van der Waals surface area contributed by atoms with Gasteiger partial charge in [0.15, 0.2) is 0 Å². The van der Waals surface area contributed by atoms with Crippen LogP contribution in [0.1, 0.15) is 6.92 Å². The molecule has 0 rings (SSSR count). The van der Waals surface area contributed by atoms with Crippen molar-refractivity contribution < 1.29 is 22.9 Å². The average Bonchev–Trinajstić information content (AvgIpc) is 2.02. The maximum atomic E-state index is 10.1. The molecule has 0 aromatic rings. The maximum Gasteiger partial charge on any atom is 0.327 e. The van der Waals surface area contributed by atoms with Crippen LogP contribution in [0.3, 0.4) is 0 Å². The summed E-state index contributed by atoms with van der Waals surface area (Å²) in [7, 11) is -3.82. The van der Waals surface area contributed by atoms with E-state index in [1.54, 1.807) is 6.92 Å². The average molecular weight is 225 g/mol. The Kier molecular flexibility index (Phi) is 8.31. The minimum atomic E-state index is -3.82. The molecule has 6 nitrogen and oxygen atoms in total. The van der Waals surface area contributed by atoms with E-state index in [9.17, 15) is 13.2 Å². The van der Waals surface area contributed by atoms with Gasteiger partial charge in [0.1, 0.15) is 0 Å². The standard InChI is InChI=1S/C4H11NO3S.C3H4O2/c1-4(2-5)3-9(6,7)8;1-2-3(4)5/h4H,2-3,5H2,1H3,(H,6,7,8);2H,1H2,(H,4,5). The Morgan fingerprint density at radius 1 is 1.64 bits per heavy atom. The summed E-state index contributed by atoms with van der Waals surface area (Å²) in [5, 5.41) is 7.60. The molecule has 0 amide bonds. The van der Waals surface area contributed by atoms with Crippen molar-refractivity contribution in [3.8, 4) is 0 Å². The topological polar surface area (TPSA) is 118 Å². The molecule has 4 N–H and O–H groups in total. The van der Waals surface area contributed by atoms with Crippen LogP contribution in [0.5, 0.6) is 0 Å². The number of aliphatic carboxylic acids is 1. The van der Waals surface area contributed by atoms with Gasteiger partial charge in [-0.2, -0.15) is 8.42 Å². The Labute approximate surface area is 83.2 Å². The van der Waals surface area contributed by atoms with Gasteiger partial charge in [0.25, 0.3) is 10.1 Å². The molecule has 0 aliphatic rings. The summed E-state index contributed by atoms with van der Waals surface area (Å²) in [6.07, 6.45) is 0.833. The zero-order chi connectivity index (χ0) is 11.8. The molecule has 0 saturated carbocycles. The molecule has 0 aromatic carbocycles. The maximum absolute atomic E-state index is 10.1. The number of hydrogen-bond donors (Lipinski definition) is 3. The van der Waals surface area contributed by atoms with Crippen LogP contribution in [-0.2, 0) is 14.9 Å². The van der Waals surface area contributed by atoms with Gasteiger partial charge < -0.3 is 10.8 Å². The molecule has 7 heteroatoms. The number of carbonyl (C=O) groups is 1. The molecule has 0 radical (unpaired) electrons. The lowest BCUT2D eigenvalue weighted by Gasteiger charge is -2.02. The molecule has 84 valence electrons. The first-order valence-electron chi connectivity index (χ1n) is 3.73. The highest BCUT2D eigenvalue weighted by Crippen LogP contribution is 1.95. The van der Waals surface area contributed by atoms with Crippen LogP contribution in [0.15, 0.2) is 12.7 Å². The first-order chi connectivity index (χ1) is 6.22. The third kappa shape index (κ3) is 17.2. The molecule has 0 bridgehead atoms. The predicted octanol–water partition coefficient (Wildman–Crippen LogP) is -0.274. The summed E-state index contributed by atoms with van der Waals surface area (Å²) in [5.41, 5.74) is 5.10. The second kappa shape index (κ2) is 7.48. The lowest BCUT2D eigenvalue weighted by atomic mass is 10.2. The van der Waals surface area contributed by atoms with Crippen molar-refractivity contribution in [3.05, 3.63) is 12.7 Å². The third-order valence-electron chi connectivity index (χ3n) is 1.07. The van der Waals surface area contributed by atoms with E-state index in [2.05, 4.69) is 6.58 Å². The first kappa shape index (κ1) is 15.5. The van der Waals surface area contributed by atoms with E-state index in [1.807, 2.05) is 0 Å². The highest BCUT2D eigenvalue weighted by Gasteiger charge is 2.09. The lowest BCUT2D eigenvalue weighted by Crippen LogP contribution is -2.20. The minimum Gasteiger partial charge on any atom is -0.478 e. The molecule has 0 heterocycles. The van der Waals surface area contributed by atoms with Crippen molar-refractivity contribution in [1.29, 1.82) is 0 Å². The Morgan fingerprint density at radius 2 is 2.00 bits per heavy atom. The molecular weight excluding hydrogens is 210 g/mol. The summed E-state index contributed by atoms with van der Waals surface area (Å²) in [6, 6.07) is 0. The molecular formula is C7H15NO5S. The Morgan fingerprint density at radius 3 is 2.07 bits per heavy atom. The molecule has 0 fully saturated rings. The number of carboxylic acid groups (broad SMARTS) is 1. The molecule has 0 saturated heterocycles. The minimum absolute atomic E-state index is 0.167. The van der Waals surface area contributed by atoms with Crippen LogP contribution >= 0.6 is 0 Å². The molecule has 0 aliphatic carbocycles. The summed E-state index contributed by atoms with van der Waals surface area (Å²) >= 11 is 0. The van der Waals surface area contributed by atoms with Crippen LogP contribution in [0.2, 0.25) is 0 Å². The molecule has 0 aromatic heterocycles. The number of hydrogen-bond acceptors (Lipinski definition) is 4. The third-order valence-corrected chi connectivity index (χ3v) is 2.06. The van der Waals surface area contributed by atoms with E-state index in [-0.39, 0.29) is 18.2 Å². The van der Waals surface area contributed by atoms with Gasteiger partial charge in [-0.05, 0) is 12.5 Å². The van der Waals surface area contributed by atoms with Crippen LogP contribution < -0.4 is 5.73 Å². The fourth-order valence-electron chi connectivity index (χ4n) is 0.428. The van der Waals surface area contributed by atoms with Crippen molar-refractivity contribution in [2.45, 2.75) is 6.92 Å². The summed E-state index contributed by atoms with van der Waals surface area (Å²) < 4.78 is 28.4.